The minimum Gasteiger partial charge on any atom is -0.493 e. The molecule has 172 valence electrons. The van der Waals surface area contributed by atoms with Crippen molar-refractivity contribution >= 4 is 21.4 Å². The number of nitrogens with one attached hydrogen (secondary N) is 1. The fourth-order valence-corrected chi connectivity index (χ4v) is 5.16. The molecule has 4 rings (SSSR count). The number of aryl methyl sites for hydroxylation is 1. The second-order valence-corrected chi connectivity index (χ2v) is 9.06. The van der Waals surface area contributed by atoms with Crippen LogP contribution in [0.5, 0.6) is 5.75 Å². The van der Waals surface area contributed by atoms with Crippen molar-refractivity contribution in [2.45, 2.75) is 13.0 Å². The molecule has 3 heterocycles. The van der Waals surface area contributed by atoms with Crippen molar-refractivity contribution in [2.75, 3.05) is 46.5 Å². The van der Waals surface area contributed by atoms with E-state index in [1.165, 1.54) is 4.88 Å². The van der Waals surface area contributed by atoms with Gasteiger partial charge < -0.3 is 14.4 Å². The van der Waals surface area contributed by atoms with Crippen LogP contribution in [0.4, 0.5) is 0 Å². The van der Waals surface area contributed by atoms with Gasteiger partial charge in [-0.2, -0.15) is 0 Å². The molecule has 0 aliphatic carbocycles. The quantitative estimate of drug-likeness (QED) is 0.376. The molecule has 8 nitrogen and oxygen atoms in total. The summed E-state index contributed by atoms with van der Waals surface area (Å²) in [5.74, 6) is 0.761. The van der Waals surface area contributed by atoms with Gasteiger partial charge in [-0.05, 0) is 23.8 Å². The van der Waals surface area contributed by atoms with Crippen LogP contribution in [0.1, 0.15) is 11.3 Å². The van der Waals surface area contributed by atoms with E-state index in [9.17, 15) is 4.79 Å². The highest BCUT2D eigenvalue weighted by molar-refractivity contribution is 7.19. The molecule has 0 atom stereocenters. The van der Waals surface area contributed by atoms with Gasteiger partial charge >= 0.3 is 0 Å². The van der Waals surface area contributed by atoms with Crippen molar-refractivity contribution < 1.29 is 14.7 Å². The Bertz CT molecular complexity index is 1110. The highest BCUT2D eigenvalue weighted by Gasteiger charge is 2.19. The van der Waals surface area contributed by atoms with E-state index in [0.29, 0.717) is 13.0 Å². The van der Waals surface area contributed by atoms with Gasteiger partial charge in [-0.15, -0.1) is 16.9 Å². The molecule has 0 saturated carbocycles. The summed E-state index contributed by atoms with van der Waals surface area (Å²) in [5.41, 5.74) is 4.96. The molecule has 0 bridgehead atoms. The van der Waals surface area contributed by atoms with Crippen LogP contribution in [0, 0.1) is 0 Å². The van der Waals surface area contributed by atoms with Crippen LogP contribution in [0.3, 0.4) is 0 Å². The van der Waals surface area contributed by atoms with Crippen molar-refractivity contribution in [1.82, 2.24) is 20.1 Å². The summed E-state index contributed by atoms with van der Waals surface area (Å²) in [6, 6.07) is 9.96. The molecule has 1 aromatic carbocycles. The van der Waals surface area contributed by atoms with Gasteiger partial charge in [0.25, 0.3) is 5.56 Å². The maximum absolute atomic E-state index is 12.9. The van der Waals surface area contributed by atoms with Gasteiger partial charge in [0.1, 0.15) is 5.75 Å². The number of aliphatic hydroxyl groups excluding tert-OH is 1. The lowest BCUT2D eigenvalue weighted by Gasteiger charge is -2.33. The van der Waals surface area contributed by atoms with Crippen LogP contribution in [0.25, 0.3) is 21.2 Å². The standard InChI is InChI=1S/C23H30N4O4S/c1-25-16-21(17-5-3-6-18(13-17)31-12-4-11-28)22-20(23(25)29)14-19(32-22)15-26-7-9-27(10-8-26)24-30-2/h3,5-6,13-14,16,24,28H,4,7-12,15H2,1-2H3. The van der Waals surface area contributed by atoms with Crippen LogP contribution < -0.4 is 15.9 Å². The lowest BCUT2D eigenvalue weighted by Crippen LogP contribution is -2.51. The van der Waals surface area contributed by atoms with Gasteiger partial charge in [0.2, 0.25) is 0 Å². The Kier molecular flexibility index (Phi) is 7.56. The average Bonchev–Trinajstić information content (AvgIpc) is 3.22. The molecule has 1 aliphatic rings. The first kappa shape index (κ1) is 22.9. The van der Waals surface area contributed by atoms with E-state index < -0.39 is 0 Å². The molecule has 0 unspecified atom stereocenters. The Morgan fingerprint density at radius 3 is 2.75 bits per heavy atom. The Labute approximate surface area is 191 Å². The van der Waals surface area contributed by atoms with Gasteiger partial charge in [-0.3, -0.25) is 14.5 Å². The van der Waals surface area contributed by atoms with Gasteiger partial charge in [0.15, 0.2) is 0 Å². The Morgan fingerprint density at radius 1 is 1.19 bits per heavy atom. The largest absolute Gasteiger partial charge is 0.493 e. The number of hydrogen-bond donors (Lipinski definition) is 2. The number of aromatic nitrogens is 1. The van der Waals surface area contributed by atoms with Crippen LogP contribution in [0.2, 0.25) is 0 Å². The van der Waals surface area contributed by atoms with Crippen LogP contribution >= 0.6 is 11.3 Å². The number of piperazine rings is 1. The van der Waals surface area contributed by atoms with E-state index >= 15 is 0 Å². The Hall–Kier alpha value is -2.27. The predicted octanol–water partition coefficient (Wildman–Crippen LogP) is 2.21. The van der Waals surface area contributed by atoms with Crippen molar-refractivity contribution in [3.05, 3.63) is 51.8 Å². The summed E-state index contributed by atoms with van der Waals surface area (Å²) in [6.07, 6.45) is 2.51. The predicted molar refractivity (Wildman–Crippen MR) is 127 cm³/mol. The van der Waals surface area contributed by atoms with E-state index in [1.54, 1.807) is 30.1 Å². The number of thiophene rings is 1. The molecule has 3 aromatic rings. The number of hydrazine groups is 1. The lowest BCUT2D eigenvalue weighted by atomic mass is 10.1. The third-order valence-electron chi connectivity index (χ3n) is 5.59. The molecular weight excluding hydrogens is 428 g/mol. The van der Waals surface area contributed by atoms with Crippen molar-refractivity contribution in [3.8, 4) is 16.9 Å². The molecule has 9 heteroatoms. The summed E-state index contributed by atoms with van der Waals surface area (Å²) < 4.78 is 8.42. The van der Waals surface area contributed by atoms with Gasteiger partial charge in [0, 0.05) is 74.1 Å². The van der Waals surface area contributed by atoms with Gasteiger partial charge in [0.05, 0.1) is 19.1 Å². The monoisotopic (exact) mass is 458 g/mol. The summed E-state index contributed by atoms with van der Waals surface area (Å²) >= 11 is 1.69. The summed E-state index contributed by atoms with van der Waals surface area (Å²) in [4.78, 5) is 21.4. The van der Waals surface area contributed by atoms with E-state index in [4.69, 9.17) is 14.7 Å². The number of pyridine rings is 1. The minimum absolute atomic E-state index is 0.0238. The SMILES string of the molecule is CONN1CCN(Cc2cc3c(=O)n(C)cc(-c4cccc(OCCCO)c4)c3s2)CC1. The number of nitrogens with zero attached hydrogens (tertiary/aromatic N) is 3. The highest BCUT2D eigenvalue weighted by Crippen LogP contribution is 2.35. The van der Waals surface area contributed by atoms with Crippen molar-refractivity contribution in [3.63, 3.8) is 0 Å². The normalized spacial score (nSPS) is 15.5. The molecule has 32 heavy (non-hydrogen) atoms. The molecular formula is C23H30N4O4S. The molecule has 1 fully saturated rings. The Morgan fingerprint density at radius 2 is 2.00 bits per heavy atom. The smallest absolute Gasteiger partial charge is 0.259 e. The van der Waals surface area contributed by atoms with Crippen LogP contribution in [-0.2, 0) is 18.4 Å². The number of fused-ring (bicyclic) bond motifs is 1. The van der Waals surface area contributed by atoms with Crippen molar-refractivity contribution in [2.24, 2.45) is 7.05 Å². The van der Waals surface area contributed by atoms with Crippen molar-refractivity contribution in [1.29, 1.82) is 0 Å². The first-order chi connectivity index (χ1) is 15.6. The molecule has 2 N–H and O–H groups in total. The van der Waals surface area contributed by atoms with E-state index in [-0.39, 0.29) is 12.2 Å². The minimum atomic E-state index is 0.0238. The molecule has 0 spiro atoms. The Balaban J connectivity index is 1.59. The second-order valence-electron chi connectivity index (χ2n) is 7.93. The maximum Gasteiger partial charge on any atom is 0.259 e. The first-order valence-electron chi connectivity index (χ1n) is 10.8. The lowest BCUT2D eigenvalue weighted by molar-refractivity contribution is -0.0762. The average molecular weight is 459 g/mol. The highest BCUT2D eigenvalue weighted by atomic mass is 32.1. The third-order valence-corrected chi connectivity index (χ3v) is 6.74. The molecule has 1 aliphatic heterocycles. The number of rotatable bonds is 9. The van der Waals surface area contributed by atoms with Crippen LogP contribution in [0.15, 0.2) is 41.3 Å². The summed E-state index contributed by atoms with van der Waals surface area (Å²) in [6.45, 7) is 5.04. The number of benzene rings is 1. The summed E-state index contributed by atoms with van der Waals surface area (Å²) in [5, 5.41) is 11.8. The van der Waals surface area contributed by atoms with Gasteiger partial charge in [-0.25, -0.2) is 5.01 Å². The number of ether oxygens (including phenoxy) is 1. The summed E-state index contributed by atoms with van der Waals surface area (Å²) in [7, 11) is 3.42. The zero-order valence-corrected chi connectivity index (χ0v) is 19.4. The zero-order chi connectivity index (χ0) is 22.5. The second kappa shape index (κ2) is 10.6. The van der Waals surface area contributed by atoms with E-state index in [2.05, 4.69) is 15.5 Å². The fraction of sp³-hybridized carbons (Fsp3) is 0.435. The van der Waals surface area contributed by atoms with E-state index in [1.807, 2.05) is 36.5 Å². The van der Waals surface area contributed by atoms with E-state index in [0.717, 1.165) is 59.7 Å². The number of aliphatic hydroxyl groups is 1. The number of hydrogen-bond acceptors (Lipinski definition) is 8. The first-order valence-corrected chi connectivity index (χ1v) is 11.6. The molecule has 1 saturated heterocycles. The van der Waals surface area contributed by atoms with Crippen LogP contribution in [-0.4, -0.2) is 66.1 Å². The molecule has 2 aromatic heterocycles. The fourth-order valence-electron chi connectivity index (χ4n) is 3.94. The maximum atomic E-state index is 12.9. The molecule has 0 radical (unpaired) electrons. The third kappa shape index (κ3) is 5.20. The topological polar surface area (TPSA) is 79.2 Å². The molecule has 0 amide bonds. The zero-order valence-electron chi connectivity index (χ0n) is 18.5. The van der Waals surface area contributed by atoms with Gasteiger partial charge in [-0.1, -0.05) is 12.1 Å².